The van der Waals surface area contributed by atoms with Crippen molar-refractivity contribution in [3.05, 3.63) is 0 Å². The molecule has 2 saturated carbocycles. The molecule has 2 unspecified atom stereocenters. The van der Waals surface area contributed by atoms with E-state index in [9.17, 15) is 5.11 Å². The Kier molecular flexibility index (Phi) is 5.36. The van der Waals surface area contributed by atoms with E-state index in [1.54, 1.807) is 0 Å². The number of aliphatic hydroxyl groups excluding tert-OH is 1. The Labute approximate surface area is 124 Å². The van der Waals surface area contributed by atoms with E-state index in [1.807, 2.05) is 0 Å². The van der Waals surface area contributed by atoms with Gasteiger partial charge in [0.05, 0.1) is 0 Å². The van der Waals surface area contributed by atoms with Crippen LogP contribution in [0.4, 0.5) is 0 Å². The molecule has 3 rings (SSSR count). The minimum absolute atomic E-state index is 0.360. The smallest absolute Gasteiger partial charge is 0.0434 e. The molecule has 1 saturated heterocycles. The lowest BCUT2D eigenvalue weighted by Gasteiger charge is -2.39. The molecule has 0 aromatic heterocycles. The molecule has 20 heavy (non-hydrogen) atoms. The molecule has 2 atom stereocenters. The van der Waals surface area contributed by atoms with Gasteiger partial charge < -0.3 is 10.4 Å². The second kappa shape index (κ2) is 7.24. The molecule has 0 bridgehead atoms. The molecule has 0 radical (unpaired) electrons. The number of likely N-dealkylation sites (tertiary alicyclic amines) is 1. The topological polar surface area (TPSA) is 35.5 Å². The van der Waals surface area contributed by atoms with Crippen LogP contribution in [-0.2, 0) is 0 Å². The highest BCUT2D eigenvalue weighted by molar-refractivity contribution is 4.92. The first-order valence-corrected chi connectivity index (χ1v) is 8.93. The Balaban J connectivity index is 1.46. The van der Waals surface area contributed by atoms with Gasteiger partial charge in [-0.3, -0.25) is 4.90 Å². The highest BCUT2D eigenvalue weighted by Gasteiger charge is 2.35. The van der Waals surface area contributed by atoms with Crippen LogP contribution in [0.25, 0.3) is 0 Å². The number of piperidine rings is 1. The van der Waals surface area contributed by atoms with Crippen molar-refractivity contribution in [2.45, 2.75) is 69.9 Å². The second-order valence-electron chi connectivity index (χ2n) is 7.41. The Bertz CT molecular complexity index is 287. The van der Waals surface area contributed by atoms with Crippen LogP contribution in [0, 0.1) is 11.8 Å². The van der Waals surface area contributed by atoms with Crippen LogP contribution in [0.2, 0.25) is 0 Å². The van der Waals surface area contributed by atoms with E-state index < -0.39 is 0 Å². The third kappa shape index (κ3) is 4.19. The molecule has 0 aromatic carbocycles. The summed E-state index contributed by atoms with van der Waals surface area (Å²) in [6.45, 7) is 4.07. The Morgan fingerprint density at radius 2 is 1.75 bits per heavy atom. The maximum Gasteiger partial charge on any atom is 0.0434 e. The molecule has 116 valence electrons. The fraction of sp³-hybridized carbons (Fsp3) is 1.00. The average molecular weight is 280 g/mol. The number of aliphatic hydroxyl groups is 1. The molecule has 0 aromatic rings. The summed E-state index contributed by atoms with van der Waals surface area (Å²) in [6, 6.07) is 1.54. The molecule has 3 nitrogen and oxygen atoms in total. The van der Waals surface area contributed by atoms with Gasteiger partial charge in [-0.25, -0.2) is 0 Å². The van der Waals surface area contributed by atoms with Gasteiger partial charge in [0.15, 0.2) is 0 Å². The maximum absolute atomic E-state index is 9.24. The molecular formula is C17H32N2O. The van der Waals surface area contributed by atoms with E-state index in [0.717, 1.165) is 18.4 Å². The van der Waals surface area contributed by atoms with Gasteiger partial charge in [0, 0.05) is 31.8 Å². The summed E-state index contributed by atoms with van der Waals surface area (Å²) in [5.74, 6) is 1.63. The van der Waals surface area contributed by atoms with Gasteiger partial charge in [-0.05, 0) is 56.9 Å². The van der Waals surface area contributed by atoms with Gasteiger partial charge in [0.25, 0.3) is 0 Å². The highest BCUT2D eigenvalue weighted by Crippen LogP contribution is 2.32. The molecule has 3 fully saturated rings. The van der Waals surface area contributed by atoms with Crippen LogP contribution in [0.1, 0.15) is 57.8 Å². The lowest BCUT2D eigenvalue weighted by atomic mass is 9.88. The zero-order valence-electron chi connectivity index (χ0n) is 12.9. The normalized spacial score (nSPS) is 33.5. The summed E-state index contributed by atoms with van der Waals surface area (Å²) in [5.41, 5.74) is 0. The van der Waals surface area contributed by atoms with E-state index in [2.05, 4.69) is 10.2 Å². The zero-order valence-corrected chi connectivity index (χ0v) is 12.9. The summed E-state index contributed by atoms with van der Waals surface area (Å²) in [4.78, 5) is 2.70. The van der Waals surface area contributed by atoms with Crippen molar-refractivity contribution < 1.29 is 5.11 Å². The van der Waals surface area contributed by atoms with E-state index in [4.69, 9.17) is 0 Å². The first-order valence-electron chi connectivity index (χ1n) is 8.93. The number of hydrogen-bond donors (Lipinski definition) is 2. The van der Waals surface area contributed by atoms with E-state index in [1.165, 1.54) is 71.0 Å². The number of nitrogens with one attached hydrogen (secondary N) is 1. The standard InChI is InChI=1S/C17H32N2O/c20-9-8-15-10-16(13-19(12-15)17-6-7-17)18-11-14-4-2-1-3-5-14/h14-18,20H,1-13H2. The number of rotatable bonds is 6. The molecule has 0 spiro atoms. The van der Waals surface area contributed by atoms with Crippen molar-refractivity contribution in [2.75, 3.05) is 26.2 Å². The van der Waals surface area contributed by atoms with Crippen LogP contribution in [0.5, 0.6) is 0 Å². The van der Waals surface area contributed by atoms with E-state index in [0.29, 0.717) is 18.6 Å². The number of hydrogen-bond acceptors (Lipinski definition) is 3. The molecule has 1 aliphatic heterocycles. The van der Waals surface area contributed by atoms with Gasteiger partial charge in [0.2, 0.25) is 0 Å². The predicted molar refractivity (Wildman–Crippen MR) is 82.8 cm³/mol. The lowest BCUT2D eigenvalue weighted by Crippen LogP contribution is -2.51. The van der Waals surface area contributed by atoms with Crippen molar-refractivity contribution >= 4 is 0 Å². The molecule has 3 aliphatic rings. The van der Waals surface area contributed by atoms with Crippen LogP contribution in [0.15, 0.2) is 0 Å². The fourth-order valence-corrected chi connectivity index (χ4v) is 4.24. The highest BCUT2D eigenvalue weighted by atomic mass is 16.3. The van der Waals surface area contributed by atoms with Crippen LogP contribution in [-0.4, -0.2) is 48.3 Å². The largest absolute Gasteiger partial charge is 0.396 e. The molecular weight excluding hydrogens is 248 g/mol. The Morgan fingerprint density at radius 1 is 0.950 bits per heavy atom. The van der Waals surface area contributed by atoms with Gasteiger partial charge in [-0.2, -0.15) is 0 Å². The van der Waals surface area contributed by atoms with Crippen LogP contribution >= 0.6 is 0 Å². The van der Waals surface area contributed by atoms with Gasteiger partial charge in [-0.1, -0.05) is 19.3 Å². The summed E-state index contributed by atoms with van der Waals surface area (Å²) in [7, 11) is 0. The minimum Gasteiger partial charge on any atom is -0.396 e. The second-order valence-corrected chi connectivity index (χ2v) is 7.41. The Morgan fingerprint density at radius 3 is 2.45 bits per heavy atom. The molecule has 2 aliphatic carbocycles. The molecule has 1 heterocycles. The van der Waals surface area contributed by atoms with Gasteiger partial charge in [-0.15, -0.1) is 0 Å². The molecule has 2 N–H and O–H groups in total. The zero-order chi connectivity index (χ0) is 13.8. The SMILES string of the molecule is OCCC1CC(NCC2CCCCC2)CN(C2CC2)C1. The predicted octanol–water partition coefficient (Wildman–Crippen LogP) is 2.39. The summed E-state index contributed by atoms with van der Waals surface area (Å²) in [5, 5.41) is 13.1. The first-order chi connectivity index (χ1) is 9.85. The van der Waals surface area contributed by atoms with Crippen molar-refractivity contribution in [1.82, 2.24) is 10.2 Å². The maximum atomic E-state index is 9.24. The van der Waals surface area contributed by atoms with Crippen molar-refractivity contribution in [3.8, 4) is 0 Å². The monoisotopic (exact) mass is 280 g/mol. The third-order valence-corrected chi connectivity index (χ3v) is 5.59. The number of nitrogens with zero attached hydrogens (tertiary/aromatic N) is 1. The van der Waals surface area contributed by atoms with Crippen LogP contribution < -0.4 is 5.32 Å². The average Bonchev–Trinajstić information content (AvgIpc) is 3.31. The summed E-state index contributed by atoms with van der Waals surface area (Å²) in [6.07, 6.45) is 12.3. The van der Waals surface area contributed by atoms with E-state index >= 15 is 0 Å². The fourth-order valence-electron chi connectivity index (χ4n) is 4.24. The van der Waals surface area contributed by atoms with Crippen LogP contribution in [0.3, 0.4) is 0 Å². The van der Waals surface area contributed by atoms with Gasteiger partial charge >= 0.3 is 0 Å². The van der Waals surface area contributed by atoms with Crippen molar-refractivity contribution in [3.63, 3.8) is 0 Å². The summed E-state index contributed by atoms with van der Waals surface area (Å²) < 4.78 is 0. The van der Waals surface area contributed by atoms with Crippen molar-refractivity contribution in [2.24, 2.45) is 11.8 Å². The van der Waals surface area contributed by atoms with Crippen molar-refractivity contribution in [1.29, 1.82) is 0 Å². The summed E-state index contributed by atoms with van der Waals surface area (Å²) >= 11 is 0. The quantitative estimate of drug-likeness (QED) is 0.784. The third-order valence-electron chi connectivity index (χ3n) is 5.59. The minimum atomic E-state index is 0.360. The molecule has 3 heteroatoms. The van der Waals surface area contributed by atoms with Gasteiger partial charge in [0.1, 0.15) is 0 Å². The van der Waals surface area contributed by atoms with E-state index in [-0.39, 0.29) is 0 Å². The lowest BCUT2D eigenvalue weighted by molar-refractivity contribution is 0.112. The Hall–Kier alpha value is -0.120. The molecule has 0 amide bonds. The first kappa shape index (κ1) is 14.8.